The molecule has 1 rings (SSSR count). The van der Waals surface area contributed by atoms with E-state index in [1.807, 2.05) is 0 Å². The number of carboxylic acid groups (broad SMARTS) is 1. The van der Waals surface area contributed by atoms with Crippen molar-refractivity contribution in [1.29, 1.82) is 0 Å². The van der Waals surface area contributed by atoms with Crippen LogP contribution in [0.25, 0.3) is 0 Å². The Morgan fingerprint density at radius 2 is 1.74 bits per heavy atom. The molecule has 0 aliphatic carbocycles. The molecule has 0 saturated carbocycles. The van der Waals surface area contributed by atoms with Crippen molar-refractivity contribution in [2.45, 2.75) is 6.18 Å². The summed E-state index contributed by atoms with van der Waals surface area (Å²) in [6, 6.07) is -0.688. The number of carboxylic acids is 1. The second kappa shape index (κ2) is 6.09. The first-order chi connectivity index (χ1) is 8.69. The first-order valence-electron chi connectivity index (χ1n) is 5.70. The molecule has 0 aromatic carbocycles. The zero-order valence-corrected chi connectivity index (χ0v) is 10.5. The van der Waals surface area contributed by atoms with Crippen LogP contribution in [0.5, 0.6) is 0 Å². The normalized spacial score (nSPS) is 17.4. The molecule has 9 heteroatoms. The summed E-state index contributed by atoms with van der Waals surface area (Å²) in [5, 5.41) is 8.60. The Bertz CT molecular complexity index is 341. The van der Waals surface area contributed by atoms with Crippen LogP contribution in [0.3, 0.4) is 0 Å². The second-order valence-corrected chi connectivity index (χ2v) is 4.41. The maximum Gasteiger partial charge on any atom is 0.406 e. The average molecular weight is 283 g/mol. The molecule has 1 N–H and O–H groups in total. The van der Waals surface area contributed by atoms with Crippen LogP contribution in [0.15, 0.2) is 0 Å². The monoisotopic (exact) mass is 283 g/mol. The standard InChI is InChI=1S/C10H16F3N3O3/c1-14(7-10(11,12)13)9(19)16-4-2-15(3-5-16)6-8(17)18/h2-7H2,1H3,(H,17,18). The molecule has 110 valence electrons. The highest BCUT2D eigenvalue weighted by atomic mass is 19.4. The van der Waals surface area contributed by atoms with Gasteiger partial charge in [0.2, 0.25) is 0 Å². The fourth-order valence-electron chi connectivity index (χ4n) is 1.87. The molecular weight excluding hydrogens is 267 g/mol. The van der Waals surface area contributed by atoms with Crippen LogP contribution >= 0.6 is 0 Å². The van der Waals surface area contributed by atoms with Crippen molar-refractivity contribution in [3.63, 3.8) is 0 Å². The topological polar surface area (TPSA) is 64.1 Å². The smallest absolute Gasteiger partial charge is 0.406 e. The molecule has 1 aliphatic heterocycles. The summed E-state index contributed by atoms with van der Waals surface area (Å²) in [5.74, 6) is -0.964. The van der Waals surface area contributed by atoms with Crippen molar-refractivity contribution in [1.82, 2.24) is 14.7 Å². The number of urea groups is 1. The number of piperazine rings is 1. The van der Waals surface area contributed by atoms with Crippen LogP contribution in [0, 0.1) is 0 Å². The van der Waals surface area contributed by atoms with Crippen LogP contribution < -0.4 is 0 Å². The number of nitrogens with zero attached hydrogens (tertiary/aromatic N) is 3. The number of hydrogen-bond donors (Lipinski definition) is 1. The molecule has 0 spiro atoms. The van der Waals surface area contributed by atoms with Gasteiger partial charge in [-0.25, -0.2) is 4.79 Å². The van der Waals surface area contributed by atoms with Crippen LogP contribution in [0.4, 0.5) is 18.0 Å². The van der Waals surface area contributed by atoms with Gasteiger partial charge in [0.1, 0.15) is 6.54 Å². The molecule has 0 aromatic heterocycles. The predicted molar refractivity (Wildman–Crippen MR) is 59.7 cm³/mol. The number of alkyl halides is 3. The molecule has 1 fully saturated rings. The first kappa shape index (κ1) is 15.5. The molecule has 0 radical (unpaired) electrons. The van der Waals surface area contributed by atoms with Gasteiger partial charge < -0.3 is 14.9 Å². The highest BCUT2D eigenvalue weighted by Gasteiger charge is 2.33. The maximum absolute atomic E-state index is 12.2. The summed E-state index contributed by atoms with van der Waals surface area (Å²) >= 11 is 0. The SMILES string of the molecule is CN(CC(F)(F)F)C(=O)N1CCN(CC(=O)O)CC1. The zero-order chi connectivity index (χ0) is 14.6. The van der Waals surface area contributed by atoms with Crippen molar-refractivity contribution < 1.29 is 27.9 Å². The average Bonchev–Trinajstić information content (AvgIpc) is 2.26. The van der Waals surface area contributed by atoms with E-state index in [2.05, 4.69) is 0 Å². The highest BCUT2D eigenvalue weighted by molar-refractivity contribution is 5.74. The molecule has 0 unspecified atom stereocenters. The Kier molecular flexibility index (Phi) is 4.98. The van der Waals surface area contributed by atoms with E-state index >= 15 is 0 Å². The summed E-state index contributed by atoms with van der Waals surface area (Å²) < 4.78 is 36.5. The molecule has 19 heavy (non-hydrogen) atoms. The highest BCUT2D eigenvalue weighted by Crippen LogP contribution is 2.16. The summed E-state index contributed by atoms with van der Waals surface area (Å²) in [4.78, 5) is 25.8. The van der Waals surface area contributed by atoms with E-state index in [0.29, 0.717) is 18.0 Å². The number of carbonyl (C=O) groups excluding carboxylic acids is 1. The number of hydrogen-bond acceptors (Lipinski definition) is 3. The Labute approximate surface area is 108 Å². The van der Waals surface area contributed by atoms with E-state index in [0.717, 1.165) is 7.05 Å². The Morgan fingerprint density at radius 3 is 2.16 bits per heavy atom. The molecule has 0 bridgehead atoms. The van der Waals surface area contributed by atoms with Gasteiger partial charge in [0, 0.05) is 33.2 Å². The third-order valence-electron chi connectivity index (χ3n) is 2.74. The second-order valence-electron chi connectivity index (χ2n) is 4.41. The van der Waals surface area contributed by atoms with Gasteiger partial charge in [-0.15, -0.1) is 0 Å². The minimum atomic E-state index is -4.42. The van der Waals surface area contributed by atoms with E-state index in [-0.39, 0.29) is 19.6 Å². The van der Waals surface area contributed by atoms with E-state index in [1.54, 1.807) is 4.90 Å². The minimum absolute atomic E-state index is 0.125. The van der Waals surface area contributed by atoms with Crippen LogP contribution in [-0.4, -0.2) is 84.3 Å². The summed E-state index contributed by atoms with van der Waals surface area (Å²) in [7, 11) is 1.10. The lowest BCUT2D eigenvalue weighted by Gasteiger charge is -2.36. The third kappa shape index (κ3) is 5.33. The molecule has 6 nitrogen and oxygen atoms in total. The van der Waals surface area contributed by atoms with Gasteiger partial charge in [-0.2, -0.15) is 13.2 Å². The van der Waals surface area contributed by atoms with Crippen molar-refractivity contribution in [3.05, 3.63) is 0 Å². The van der Waals surface area contributed by atoms with E-state index in [1.165, 1.54) is 4.90 Å². The van der Waals surface area contributed by atoms with Crippen molar-refractivity contribution in [3.8, 4) is 0 Å². The van der Waals surface area contributed by atoms with Gasteiger partial charge in [-0.3, -0.25) is 9.69 Å². The fraction of sp³-hybridized carbons (Fsp3) is 0.800. The van der Waals surface area contributed by atoms with Crippen molar-refractivity contribution in [2.75, 3.05) is 46.3 Å². The first-order valence-corrected chi connectivity index (χ1v) is 5.70. The van der Waals surface area contributed by atoms with Gasteiger partial charge >= 0.3 is 18.2 Å². The largest absolute Gasteiger partial charge is 0.480 e. The van der Waals surface area contributed by atoms with Crippen LogP contribution in [0.2, 0.25) is 0 Å². The fourth-order valence-corrected chi connectivity index (χ4v) is 1.87. The van der Waals surface area contributed by atoms with Gasteiger partial charge in [-0.05, 0) is 0 Å². The van der Waals surface area contributed by atoms with Gasteiger partial charge in [0.05, 0.1) is 6.54 Å². The Morgan fingerprint density at radius 1 is 1.21 bits per heavy atom. The van der Waals surface area contributed by atoms with Crippen LogP contribution in [0.1, 0.15) is 0 Å². The molecule has 1 heterocycles. The van der Waals surface area contributed by atoms with Gasteiger partial charge in [0.15, 0.2) is 0 Å². The van der Waals surface area contributed by atoms with Gasteiger partial charge in [-0.1, -0.05) is 0 Å². The lowest BCUT2D eigenvalue weighted by molar-refractivity contribution is -0.140. The van der Waals surface area contributed by atoms with E-state index in [4.69, 9.17) is 5.11 Å². The Hall–Kier alpha value is -1.51. The Balaban J connectivity index is 2.42. The number of halogens is 3. The molecular formula is C10H16F3N3O3. The molecule has 0 aromatic rings. The van der Waals surface area contributed by atoms with Gasteiger partial charge in [0.25, 0.3) is 0 Å². The summed E-state index contributed by atoms with van der Waals surface area (Å²) in [5.41, 5.74) is 0. The number of carbonyl (C=O) groups is 2. The molecule has 0 atom stereocenters. The van der Waals surface area contributed by atoms with Crippen molar-refractivity contribution >= 4 is 12.0 Å². The predicted octanol–water partition coefficient (Wildman–Crippen LogP) is 0.303. The zero-order valence-electron chi connectivity index (χ0n) is 10.5. The molecule has 1 aliphatic rings. The summed E-state index contributed by atoms with van der Waals surface area (Å²) in [6.07, 6.45) is -4.42. The van der Waals surface area contributed by atoms with Crippen molar-refractivity contribution in [2.24, 2.45) is 0 Å². The number of amides is 2. The minimum Gasteiger partial charge on any atom is -0.480 e. The lowest BCUT2D eigenvalue weighted by Crippen LogP contribution is -2.53. The lowest BCUT2D eigenvalue weighted by atomic mass is 10.3. The quantitative estimate of drug-likeness (QED) is 0.809. The molecule has 2 amide bonds. The van der Waals surface area contributed by atoms with E-state index < -0.39 is 24.7 Å². The van der Waals surface area contributed by atoms with E-state index in [9.17, 15) is 22.8 Å². The van der Waals surface area contributed by atoms with Crippen LogP contribution in [-0.2, 0) is 4.79 Å². The summed E-state index contributed by atoms with van der Waals surface area (Å²) in [6.45, 7) is -0.264. The number of rotatable bonds is 3. The number of aliphatic carboxylic acids is 1. The maximum atomic E-state index is 12.2. The molecule has 1 saturated heterocycles. The third-order valence-corrected chi connectivity index (χ3v) is 2.74.